The molecule has 0 aromatic rings. The SMILES string of the molecule is C=CCP(O)(S)(S)CC=C. The summed E-state index contributed by atoms with van der Waals surface area (Å²) in [7, 11) is 0. The molecule has 0 bridgehead atoms. The normalized spacial score (nSPS) is 15.3. The molecule has 60 valence electrons. The van der Waals surface area contributed by atoms with Gasteiger partial charge in [0.2, 0.25) is 0 Å². The topological polar surface area (TPSA) is 20.2 Å². The number of thiol groups is 2. The number of rotatable bonds is 4. The van der Waals surface area contributed by atoms with Crippen LogP contribution in [0.25, 0.3) is 0 Å². The van der Waals surface area contributed by atoms with Crippen molar-refractivity contribution >= 4 is 29.7 Å². The Kier molecular flexibility index (Phi) is 3.50. The fourth-order valence-electron chi connectivity index (χ4n) is 0.604. The first-order valence-electron chi connectivity index (χ1n) is 2.87. The molecule has 0 aliphatic carbocycles. The maximum absolute atomic E-state index is 9.70. The second kappa shape index (κ2) is 3.31. The van der Waals surface area contributed by atoms with Crippen LogP contribution in [0.15, 0.2) is 25.3 Å². The molecule has 0 aromatic carbocycles. The summed E-state index contributed by atoms with van der Waals surface area (Å²) >= 11 is 8.22. The minimum absolute atomic E-state index is 0.448. The third-order valence-corrected chi connectivity index (χ3v) is 4.98. The Morgan fingerprint density at radius 3 is 1.70 bits per heavy atom. The molecule has 0 heterocycles. The van der Waals surface area contributed by atoms with E-state index in [0.717, 1.165) is 0 Å². The molecule has 4 heteroatoms. The van der Waals surface area contributed by atoms with Crippen LogP contribution in [-0.4, -0.2) is 17.2 Å². The number of hydrogen-bond donors (Lipinski definition) is 3. The van der Waals surface area contributed by atoms with Gasteiger partial charge < -0.3 is 0 Å². The van der Waals surface area contributed by atoms with Crippen LogP contribution in [0.1, 0.15) is 0 Å². The summed E-state index contributed by atoms with van der Waals surface area (Å²) in [5.41, 5.74) is 0. The number of allylic oxidation sites excluding steroid dienone is 2. The predicted octanol–water partition coefficient (Wildman–Crippen LogP) is 2.51. The first kappa shape index (κ1) is 10.6. The van der Waals surface area contributed by atoms with Crippen LogP contribution in [0.5, 0.6) is 0 Å². The molecule has 0 amide bonds. The Morgan fingerprint density at radius 2 is 1.50 bits per heavy atom. The quantitative estimate of drug-likeness (QED) is 0.358. The van der Waals surface area contributed by atoms with Gasteiger partial charge in [0.25, 0.3) is 0 Å². The van der Waals surface area contributed by atoms with Crippen LogP contribution in [0.3, 0.4) is 0 Å². The first-order chi connectivity index (χ1) is 4.39. The predicted molar refractivity (Wildman–Crippen MR) is 57.2 cm³/mol. The molecule has 0 aliphatic heterocycles. The third-order valence-electron chi connectivity index (χ3n) is 1.01. The summed E-state index contributed by atoms with van der Waals surface area (Å²) in [5.74, 6) is 0. The third kappa shape index (κ3) is 4.40. The van der Waals surface area contributed by atoms with Crippen molar-refractivity contribution in [1.29, 1.82) is 0 Å². The first-order valence-corrected chi connectivity index (χ1v) is 7.73. The molecule has 0 fully saturated rings. The van der Waals surface area contributed by atoms with Crippen molar-refractivity contribution < 1.29 is 4.89 Å². The van der Waals surface area contributed by atoms with E-state index in [-0.39, 0.29) is 0 Å². The number of hydrogen-bond acceptors (Lipinski definition) is 3. The molecule has 10 heavy (non-hydrogen) atoms. The molecule has 0 atom stereocenters. The van der Waals surface area contributed by atoms with Crippen molar-refractivity contribution in [2.75, 3.05) is 12.3 Å². The van der Waals surface area contributed by atoms with Crippen LogP contribution < -0.4 is 0 Å². The second-order valence-corrected chi connectivity index (χ2v) is 12.3. The van der Waals surface area contributed by atoms with Crippen molar-refractivity contribution in [3.8, 4) is 0 Å². The van der Waals surface area contributed by atoms with Crippen molar-refractivity contribution in [1.82, 2.24) is 0 Å². The van der Waals surface area contributed by atoms with E-state index in [4.69, 9.17) is 0 Å². The zero-order valence-corrected chi connectivity index (χ0v) is 8.46. The van der Waals surface area contributed by atoms with Gasteiger partial charge in [-0.15, -0.1) is 0 Å². The standard InChI is InChI=1S/C6H13OPS2/c1-3-5-8(7,9,10)6-4-2/h3-4,7,9-10H,1-2,5-6H2. The van der Waals surface area contributed by atoms with Gasteiger partial charge in [-0.05, 0) is 0 Å². The van der Waals surface area contributed by atoms with Crippen LogP contribution in [-0.2, 0) is 0 Å². The van der Waals surface area contributed by atoms with Gasteiger partial charge >= 0.3 is 72.3 Å². The van der Waals surface area contributed by atoms with Crippen LogP contribution in [0.2, 0.25) is 0 Å². The molecular formula is C6H13OPS2. The molecule has 1 nitrogen and oxygen atoms in total. The average Bonchev–Trinajstić information content (AvgIpc) is 1.61. The Bertz CT molecular complexity index is 134. The maximum atomic E-state index is 9.70. The fourth-order valence-corrected chi connectivity index (χ4v) is 3.20. The van der Waals surface area contributed by atoms with Crippen molar-refractivity contribution in [2.45, 2.75) is 0 Å². The van der Waals surface area contributed by atoms with E-state index >= 15 is 0 Å². The Hall–Kier alpha value is 0.570. The van der Waals surface area contributed by atoms with E-state index in [1.165, 1.54) is 0 Å². The summed E-state index contributed by atoms with van der Waals surface area (Å²) < 4.78 is 0. The molecule has 0 spiro atoms. The zero-order chi connectivity index (χ0) is 8.28. The molecule has 0 unspecified atom stereocenters. The van der Waals surface area contributed by atoms with Crippen LogP contribution >= 0.6 is 29.7 Å². The van der Waals surface area contributed by atoms with Gasteiger partial charge in [-0.25, -0.2) is 0 Å². The van der Waals surface area contributed by atoms with Gasteiger partial charge in [0, 0.05) is 0 Å². The summed E-state index contributed by atoms with van der Waals surface area (Å²) in [4.78, 5) is 9.70. The Labute approximate surface area is 72.5 Å². The molecule has 0 aromatic heterocycles. The van der Waals surface area contributed by atoms with E-state index in [1.54, 1.807) is 12.2 Å². The Balaban J connectivity index is 4.23. The molecule has 0 saturated carbocycles. The monoisotopic (exact) mass is 196 g/mol. The zero-order valence-electron chi connectivity index (χ0n) is 5.77. The fraction of sp³-hybridized carbons (Fsp3) is 0.333. The van der Waals surface area contributed by atoms with E-state index < -0.39 is 5.23 Å². The van der Waals surface area contributed by atoms with E-state index in [1.807, 2.05) is 0 Å². The summed E-state index contributed by atoms with van der Waals surface area (Å²) in [6.07, 6.45) is 4.15. The van der Waals surface area contributed by atoms with Crippen molar-refractivity contribution in [2.24, 2.45) is 0 Å². The van der Waals surface area contributed by atoms with Gasteiger partial charge in [0.1, 0.15) is 0 Å². The van der Waals surface area contributed by atoms with E-state index in [2.05, 4.69) is 37.7 Å². The summed E-state index contributed by atoms with van der Waals surface area (Å²) in [6, 6.07) is 0. The molecule has 0 aliphatic rings. The minimum atomic E-state index is -3.01. The average molecular weight is 196 g/mol. The van der Waals surface area contributed by atoms with Crippen LogP contribution in [0, 0.1) is 0 Å². The molecule has 0 saturated heterocycles. The van der Waals surface area contributed by atoms with Crippen molar-refractivity contribution in [3.63, 3.8) is 0 Å². The Morgan fingerprint density at radius 1 is 1.20 bits per heavy atom. The molecular weight excluding hydrogens is 183 g/mol. The molecule has 0 radical (unpaired) electrons. The van der Waals surface area contributed by atoms with E-state index in [0.29, 0.717) is 12.3 Å². The van der Waals surface area contributed by atoms with Crippen molar-refractivity contribution in [3.05, 3.63) is 25.3 Å². The van der Waals surface area contributed by atoms with Crippen LogP contribution in [0.4, 0.5) is 0 Å². The molecule has 1 N–H and O–H groups in total. The van der Waals surface area contributed by atoms with Gasteiger partial charge in [-0.2, -0.15) is 0 Å². The van der Waals surface area contributed by atoms with Gasteiger partial charge in [-0.3, -0.25) is 0 Å². The van der Waals surface area contributed by atoms with Gasteiger partial charge in [-0.1, -0.05) is 0 Å². The molecule has 0 rings (SSSR count). The summed E-state index contributed by atoms with van der Waals surface area (Å²) in [6.45, 7) is 7.03. The summed E-state index contributed by atoms with van der Waals surface area (Å²) in [5, 5.41) is -3.01. The van der Waals surface area contributed by atoms with Gasteiger partial charge in [0.15, 0.2) is 0 Å². The second-order valence-electron chi connectivity index (χ2n) is 2.28. The van der Waals surface area contributed by atoms with E-state index in [9.17, 15) is 4.89 Å². The van der Waals surface area contributed by atoms with Gasteiger partial charge in [0.05, 0.1) is 0 Å².